The number of rotatable bonds is 7. The lowest BCUT2D eigenvalue weighted by Gasteiger charge is -2.11. The highest BCUT2D eigenvalue weighted by Crippen LogP contribution is 2.25. The maximum atomic E-state index is 12.4. The van der Waals surface area contributed by atoms with Crippen molar-refractivity contribution in [2.45, 2.75) is 0 Å². The van der Waals surface area contributed by atoms with Gasteiger partial charge in [0.25, 0.3) is 5.91 Å². The van der Waals surface area contributed by atoms with E-state index in [1.807, 2.05) is 48.5 Å². The fourth-order valence-electron chi connectivity index (χ4n) is 2.23. The van der Waals surface area contributed by atoms with Gasteiger partial charge in [-0.3, -0.25) is 4.79 Å². The van der Waals surface area contributed by atoms with Gasteiger partial charge >= 0.3 is 0 Å². The fourth-order valence-corrected chi connectivity index (χ4v) is 2.61. The van der Waals surface area contributed by atoms with Gasteiger partial charge in [0.2, 0.25) is 5.88 Å². The summed E-state index contributed by atoms with van der Waals surface area (Å²) in [6, 6.07) is 20.2. The monoisotopic (exact) mass is 412 g/mol. The van der Waals surface area contributed by atoms with Crippen molar-refractivity contribution in [3.8, 4) is 17.4 Å². The van der Waals surface area contributed by atoms with Crippen LogP contribution in [0.25, 0.3) is 0 Å². The standard InChI is InChI=1S/C20H17BrN2O3/c21-15-6-4-9-17(14-15)26-20-18(10-5-11-23-20)19(24)22-12-13-25-16-7-2-1-3-8-16/h1-11,14H,12-13H2,(H,22,24). The molecule has 6 heteroatoms. The minimum Gasteiger partial charge on any atom is -0.492 e. The number of amides is 1. The van der Waals surface area contributed by atoms with Gasteiger partial charge in [-0.1, -0.05) is 40.2 Å². The summed E-state index contributed by atoms with van der Waals surface area (Å²) in [6.45, 7) is 0.747. The van der Waals surface area contributed by atoms with Crippen LogP contribution < -0.4 is 14.8 Å². The molecule has 1 heterocycles. The number of para-hydroxylation sites is 1. The molecule has 0 fully saturated rings. The Morgan fingerprint density at radius 3 is 2.62 bits per heavy atom. The first-order valence-electron chi connectivity index (χ1n) is 8.07. The lowest BCUT2D eigenvalue weighted by atomic mass is 10.2. The minimum absolute atomic E-state index is 0.257. The maximum Gasteiger partial charge on any atom is 0.256 e. The SMILES string of the molecule is O=C(NCCOc1ccccc1)c1cccnc1Oc1cccc(Br)c1. The average Bonchev–Trinajstić information content (AvgIpc) is 2.66. The minimum atomic E-state index is -0.264. The number of carbonyl (C=O) groups excluding carboxylic acids is 1. The van der Waals surface area contributed by atoms with Crippen LogP contribution in [-0.4, -0.2) is 24.0 Å². The summed E-state index contributed by atoms with van der Waals surface area (Å²) in [5.41, 5.74) is 0.368. The van der Waals surface area contributed by atoms with Crippen molar-refractivity contribution in [2.24, 2.45) is 0 Å². The molecule has 0 radical (unpaired) electrons. The van der Waals surface area contributed by atoms with Gasteiger partial charge in [-0.15, -0.1) is 0 Å². The first kappa shape index (κ1) is 17.9. The van der Waals surface area contributed by atoms with E-state index in [-0.39, 0.29) is 11.8 Å². The Balaban J connectivity index is 1.59. The van der Waals surface area contributed by atoms with E-state index in [1.54, 1.807) is 24.4 Å². The number of benzene rings is 2. The van der Waals surface area contributed by atoms with Gasteiger partial charge in [0.05, 0.1) is 6.54 Å². The second kappa shape index (κ2) is 9.01. The molecule has 0 spiro atoms. The van der Waals surface area contributed by atoms with Gasteiger partial charge in [-0.25, -0.2) is 4.98 Å². The number of nitrogens with zero attached hydrogens (tertiary/aromatic N) is 1. The number of pyridine rings is 1. The van der Waals surface area contributed by atoms with E-state index in [9.17, 15) is 4.79 Å². The Morgan fingerprint density at radius 2 is 1.81 bits per heavy atom. The molecule has 1 amide bonds. The third-order valence-corrected chi connectivity index (χ3v) is 3.92. The van der Waals surface area contributed by atoms with Crippen molar-refractivity contribution in [1.29, 1.82) is 0 Å². The van der Waals surface area contributed by atoms with Crippen molar-refractivity contribution < 1.29 is 14.3 Å². The van der Waals surface area contributed by atoms with Gasteiger partial charge in [-0.05, 0) is 42.5 Å². The smallest absolute Gasteiger partial charge is 0.256 e. The van der Waals surface area contributed by atoms with Crippen LogP contribution in [0.1, 0.15) is 10.4 Å². The van der Waals surface area contributed by atoms with Crippen molar-refractivity contribution in [3.05, 3.63) is 83.0 Å². The third kappa shape index (κ3) is 5.07. The van der Waals surface area contributed by atoms with E-state index in [1.165, 1.54) is 0 Å². The van der Waals surface area contributed by atoms with E-state index >= 15 is 0 Å². The quantitative estimate of drug-likeness (QED) is 0.582. The second-order valence-electron chi connectivity index (χ2n) is 5.33. The zero-order valence-electron chi connectivity index (χ0n) is 13.9. The molecule has 26 heavy (non-hydrogen) atoms. The molecular formula is C20H17BrN2O3. The van der Waals surface area contributed by atoms with Crippen LogP contribution in [0.15, 0.2) is 77.4 Å². The van der Waals surface area contributed by atoms with Crippen LogP contribution >= 0.6 is 15.9 Å². The second-order valence-corrected chi connectivity index (χ2v) is 6.25. The molecule has 0 saturated carbocycles. The Kier molecular flexibility index (Phi) is 6.22. The van der Waals surface area contributed by atoms with E-state index in [4.69, 9.17) is 9.47 Å². The zero-order chi connectivity index (χ0) is 18.2. The summed E-state index contributed by atoms with van der Waals surface area (Å²) in [4.78, 5) is 16.6. The predicted molar refractivity (Wildman–Crippen MR) is 103 cm³/mol. The first-order valence-corrected chi connectivity index (χ1v) is 8.86. The molecule has 0 aliphatic carbocycles. The van der Waals surface area contributed by atoms with E-state index in [0.717, 1.165) is 10.2 Å². The first-order chi connectivity index (χ1) is 12.7. The van der Waals surface area contributed by atoms with E-state index in [2.05, 4.69) is 26.2 Å². The highest BCUT2D eigenvalue weighted by atomic mass is 79.9. The summed E-state index contributed by atoms with van der Waals surface area (Å²) in [5, 5.41) is 2.81. The molecule has 0 aliphatic rings. The molecule has 1 aromatic heterocycles. The highest BCUT2D eigenvalue weighted by Gasteiger charge is 2.14. The predicted octanol–water partition coefficient (Wildman–Crippen LogP) is 4.45. The normalized spacial score (nSPS) is 10.2. The molecule has 0 saturated heterocycles. The average molecular weight is 413 g/mol. The van der Waals surface area contributed by atoms with Gasteiger partial charge in [0, 0.05) is 10.7 Å². The molecule has 0 atom stereocenters. The van der Waals surface area contributed by atoms with E-state index < -0.39 is 0 Å². The zero-order valence-corrected chi connectivity index (χ0v) is 15.5. The fraction of sp³-hybridized carbons (Fsp3) is 0.100. The van der Waals surface area contributed by atoms with Crippen LogP contribution in [0, 0.1) is 0 Å². The number of hydrogen-bond acceptors (Lipinski definition) is 4. The molecule has 0 unspecified atom stereocenters. The summed E-state index contributed by atoms with van der Waals surface area (Å²) < 4.78 is 12.2. The number of aromatic nitrogens is 1. The largest absolute Gasteiger partial charge is 0.492 e. The molecular weight excluding hydrogens is 396 g/mol. The molecule has 5 nitrogen and oxygen atoms in total. The van der Waals surface area contributed by atoms with Crippen molar-refractivity contribution in [2.75, 3.05) is 13.2 Å². The summed E-state index contributed by atoms with van der Waals surface area (Å²) in [6.07, 6.45) is 1.59. The van der Waals surface area contributed by atoms with Gasteiger partial charge in [-0.2, -0.15) is 0 Å². The lowest BCUT2D eigenvalue weighted by Crippen LogP contribution is -2.28. The lowest BCUT2D eigenvalue weighted by molar-refractivity contribution is 0.0944. The molecule has 2 aromatic carbocycles. The Hall–Kier alpha value is -2.86. The van der Waals surface area contributed by atoms with Crippen molar-refractivity contribution >= 4 is 21.8 Å². The summed E-state index contributed by atoms with van der Waals surface area (Å²) in [5.74, 6) is 1.35. The van der Waals surface area contributed by atoms with E-state index in [0.29, 0.717) is 24.5 Å². The van der Waals surface area contributed by atoms with Crippen LogP contribution in [-0.2, 0) is 0 Å². The number of ether oxygens (including phenoxy) is 2. The van der Waals surface area contributed by atoms with Crippen LogP contribution in [0.2, 0.25) is 0 Å². The molecule has 1 N–H and O–H groups in total. The molecule has 3 rings (SSSR count). The number of hydrogen-bond donors (Lipinski definition) is 1. The van der Waals surface area contributed by atoms with Crippen LogP contribution in [0.3, 0.4) is 0 Å². The Bertz CT molecular complexity index is 872. The Labute approximate surface area is 160 Å². The molecule has 3 aromatic rings. The number of nitrogens with one attached hydrogen (secondary N) is 1. The highest BCUT2D eigenvalue weighted by molar-refractivity contribution is 9.10. The van der Waals surface area contributed by atoms with Gasteiger partial charge in [0.1, 0.15) is 23.7 Å². The third-order valence-electron chi connectivity index (χ3n) is 3.43. The molecule has 132 valence electrons. The summed E-state index contributed by atoms with van der Waals surface area (Å²) in [7, 11) is 0. The maximum absolute atomic E-state index is 12.4. The van der Waals surface area contributed by atoms with Gasteiger partial charge in [0.15, 0.2) is 0 Å². The Morgan fingerprint density at radius 1 is 1.00 bits per heavy atom. The van der Waals surface area contributed by atoms with Crippen LogP contribution in [0.4, 0.5) is 0 Å². The van der Waals surface area contributed by atoms with Gasteiger partial charge < -0.3 is 14.8 Å². The number of carbonyl (C=O) groups is 1. The van der Waals surface area contributed by atoms with Crippen molar-refractivity contribution in [3.63, 3.8) is 0 Å². The molecule has 0 bridgehead atoms. The topological polar surface area (TPSA) is 60.5 Å². The number of halogens is 1. The molecule has 0 aliphatic heterocycles. The van der Waals surface area contributed by atoms with Crippen LogP contribution in [0.5, 0.6) is 17.4 Å². The summed E-state index contributed by atoms with van der Waals surface area (Å²) >= 11 is 3.39. The van der Waals surface area contributed by atoms with Crippen molar-refractivity contribution in [1.82, 2.24) is 10.3 Å².